The minimum absolute atomic E-state index is 0.800. The molecule has 1 rings (SSSR count). The number of anilines is 1. The monoisotopic (exact) mass is 348 g/mol. The summed E-state index contributed by atoms with van der Waals surface area (Å²) in [7, 11) is 1.90. The SMILES string of the molecule is C=C(NS/C(C)=C\NC)c1ccc(NCCCCCCN)cc1C. The molecule has 0 fully saturated rings. The van der Waals surface area contributed by atoms with E-state index in [1.165, 1.54) is 30.5 Å². The second kappa shape index (κ2) is 11.9. The van der Waals surface area contributed by atoms with Gasteiger partial charge in [-0.05, 0) is 62.9 Å². The van der Waals surface area contributed by atoms with Crippen LogP contribution in [0.3, 0.4) is 0 Å². The average molecular weight is 349 g/mol. The molecule has 24 heavy (non-hydrogen) atoms. The zero-order valence-electron chi connectivity index (χ0n) is 15.2. The van der Waals surface area contributed by atoms with E-state index >= 15 is 0 Å². The van der Waals surface area contributed by atoms with Gasteiger partial charge in [0.25, 0.3) is 0 Å². The molecule has 0 aliphatic heterocycles. The van der Waals surface area contributed by atoms with E-state index in [4.69, 9.17) is 5.73 Å². The van der Waals surface area contributed by atoms with Crippen molar-refractivity contribution in [2.24, 2.45) is 5.73 Å². The highest BCUT2D eigenvalue weighted by molar-refractivity contribution is 8.01. The first-order valence-corrected chi connectivity index (χ1v) is 9.41. The van der Waals surface area contributed by atoms with Crippen LogP contribution in [0.1, 0.15) is 43.7 Å². The van der Waals surface area contributed by atoms with E-state index in [2.05, 4.69) is 54.0 Å². The van der Waals surface area contributed by atoms with Gasteiger partial charge in [-0.1, -0.05) is 25.5 Å². The Kier molecular flexibility index (Phi) is 10.1. The molecular weight excluding hydrogens is 316 g/mol. The molecule has 0 aromatic heterocycles. The molecule has 0 amide bonds. The summed E-state index contributed by atoms with van der Waals surface area (Å²) in [6, 6.07) is 6.43. The molecular formula is C19H32N4S. The van der Waals surface area contributed by atoms with Gasteiger partial charge in [-0.3, -0.25) is 0 Å². The summed E-state index contributed by atoms with van der Waals surface area (Å²) in [6.07, 6.45) is 6.73. The zero-order chi connectivity index (χ0) is 17.8. The van der Waals surface area contributed by atoms with E-state index in [0.29, 0.717) is 0 Å². The number of rotatable bonds is 12. The van der Waals surface area contributed by atoms with Gasteiger partial charge in [0.15, 0.2) is 0 Å². The van der Waals surface area contributed by atoms with Gasteiger partial charge in [-0.25, -0.2) is 0 Å². The molecule has 0 atom stereocenters. The number of unbranched alkanes of at least 4 members (excludes halogenated alkanes) is 3. The lowest BCUT2D eigenvalue weighted by molar-refractivity contribution is 0.661. The van der Waals surface area contributed by atoms with Crippen molar-refractivity contribution in [2.75, 3.05) is 25.5 Å². The van der Waals surface area contributed by atoms with Crippen LogP contribution in [0.2, 0.25) is 0 Å². The van der Waals surface area contributed by atoms with Crippen molar-refractivity contribution in [3.8, 4) is 0 Å². The summed E-state index contributed by atoms with van der Waals surface area (Å²) in [5.74, 6) is 0. The Balaban J connectivity index is 2.46. The molecule has 0 bridgehead atoms. The van der Waals surface area contributed by atoms with Crippen molar-refractivity contribution >= 4 is 23.3 Å². The third kappa shape index (κ3) is 7.79. The zero-order valence-corrected chi connectivity index (χ0v) is 16.1. The lowest BCUT2D eigenvalue weighted by Gasteiger charge is -2.14. The topological polar surface area (TPSA) is 62.1 Å². The molecule has 1 aromatic carbocycles. The number of hydrogen-bond donors (Lipinski definition) is 4. The van der Waals surface area contributed by atoms with Crippen LogP contribution in [0.4, 0.5) is 5.69 Å². The molecule has 0 heterocycles. The Bertz CT molecular complexity index is 540. The van der Waals surface area contributed by atoms with Crippen molar-refractivity contribution in [3.63, 3.8) is 0 Å². The summed E-state index contributed by atoms with van der Waals surface area (Å²) in [4.78, 5) is 1.16. The Hall–Kier alpha value is -1.59. The van der Waals surface area contributed by atoms with E-state index in [1.807, 2.05) is 13.2 Å². The normalized spacial score (nSPS) is 11.2. The maximum absolute atomic E-state index is 5.51. The fraction of sp³-hybridized carbons (Fsp3) is 0.474. The van der Waals surface area contributed by atoms with Gasteiger partial charge in [-0.2, -0.15) is 0 Å². The van der Waals surface area contributed by atoms with Gasteiger partial charge in [0.2, 0.25) is 0 Å². The first kappa shape index (κ1) is 20.5. The first-order valence-electron chi connectivity index (χ1n) is 8.59. The lowest BCUT2D eigenvalue weighted by atomic mass is 10.1. The van der Waals surface area contributed by atoms with Crippen LogP contribution >= 0.6 is 11.9 Å². The predicted molar refractivity (Wildman–Crippen MR) is 110 cm³/mol. The van der Waals surface area contributed by atoms with E-state index in [-0.39, 0.29) is 0 Å². The minimum atomic E-state index is 0.800. The second-order valence-electron chi connectivity index (χ2n) is 5.89. The summed E-state index contributed by atoms with van der Waals surface area (Å²) in [5, 5.41) is 6.51. The average Bonchev–Trinajstić information content (AvgIpc) is 2.56. The van der Waals surface area contributed by atoms with Gasteiger partial charge in [-0.15, -0.1) is 0 Å². The third-order valence-corrected chi connectivity index (χ3v) is 4.48. The summed E-state index contributed by atoms with van der Waals surface area (Å²) in [5.41, 5.74) is 9.97. The molecule has 0 aliphatic carbocycles. The maximum atomic E-state index is 5.51. The van der Waals surface area contributed by atoms with E-state index in [9.17, 15) is 0 Å². The largest absolute Gasteiger partial charge is 0.393 e. The molecule has 4 nitrogen and oxygen atoms in total. The first-order chi connectivity index (χ1) is 11.6. The van der Waals surface area contributed by atoms with Crippen LogP contribution in [0.5, 0.6) is 0 Å². The quantitative estimate of drug-likeness (QED) is 0.337. The molecule has 0 saturated carbocycles. The second-order valence-corrected chi connectivity index (χ2v) is 6.94. The Labute approximate surface area is 151 Å². The molecule has 1 aromatic rings. The fourth-order valence-corrected chi connectivity index (χ4v) is 2.97. The Morgan fingerprint density at radius 1 is 1.25 bits per heavy atom. The van der Waals surface area contributed by atoms with Crippen LogP contribution < -0.4 is 21.1 Å². The number of hydrogen-bond acceptors (Lipinski definition) is 5. The summed E-state index contributed by atoms with van der Waals surface area (Å²) < 4.78 is 3.30. The maximum Gasteiger partial charge on any atom is 0.0446 e. The van der Waals surface area contributed by atoms with Gasteiger partial charge >= 0.3 is 0 Å². The number of nitrogens with one attached hydrogen (secondary N) is 3. The summed E-state index contributed by atoms with van der Waals surface area (Å²) in [6.45, 7) is 10.1. The van der Waals surface area contributed by atoms with Crippen LogP contribution in [0.25, 0.3) is 5.70 Å². The molecule has 134 valence electrons. The number of aryl methyl sites for hydroxylation is 1. The molecule has 5 heteroatoms. The van der Waals surface area contributed by atoms with Crippen molar-refractivity contribution in [1.29, 1.82) is 0 Å². The van der Waals surface area contributed by atoms with Crippen molar-refractivity contribution < 1.29 is 0 Å². The molecule has 0 aliphatic rings. The van der Waals surface area contributed by atoms with Crippen molar-refractivity contribution in [1.82, 2.24) is 10.0 Å². The van der Waals surface area contributed by atoms with Crippen molar-refractivity contribution in [2.45, 2.75) is 39.5 Å². The Morgan fingerprint density at radius 2 is 2.00 bits per heavy atom. The van der Waals surface area contributed by atoms with Crippen LogP contribution in [0, 0.1) is 6.92 Å². The molecule has 0 spiro atoms. The van der Waals surface area contributed by atoms with Gasteiger partial charge in [0, 0.05) is 41.6 Å². The summed E-state index contributed by atoms with van der Waals surface area (Å²) >= 11 is 1.56. The van der Waals surface area contributed by atoms with E-state index < -0.39 is 0 Å². The number of allylic oxidation sites excluding steroid dienone is 1. The Morgan fingerprint density at radius 3 is 2.67 bits per heavy atom. The highest BCUT2D eigenvalue weighted by Crippen LogP contribution is 2.23. The fourth-order valence-electron chi connectivity index (χ4n) is 2.40. The lowest BCUT2D eigenvalue weighted by Crippen LogP contribution is -2.06. The molecule has 0 radical (unpaired) electrons. The highest BCUT2D eigenvalue weighted by atomic mass is 32.2. The van der Waals surface area contributed by atoms with E-state index in [0.717, 1.165) is 35.7 Å². The number of nitrogens with two attached hydrogens (primary N) is 1. The number of benzene rings is 1. The van der Waals surface area contributed by atoms with Crippen LogP contribution in [0.15, 0.2) is 35.9 Å². The van der Waals surface area contributed by atoms with Gasteiger partial charge in [0.05, 0.1) is 0 Å². The molecule has 0 saturated heterocycles. The molecule has 5 N–H and O–H groups in total. The van der Waals surface area contributed by atoms with Gasteiger partial charge < -0.3 is 21.1 Å². The smallest absolute Gasteiger partial charge is 0.0446 e. The third-order valence-electron chi connectivity index (χ3n) is 3.69. The van der Waals surface area contributed by atoms with Crippen LogP contribution in [-0.4, -0.2) is 20.1 Å². The van der Waals surface area contributed by atoms with Crippen LogP contribution in [-0.2, 0) is 0 Å². The predicted octanol–water partition coefficient (Wildman–Crippen LogP) is 4.22. The van der Waals surface area contributed by atoms with Crippen molar-refractivity contribution in [3.05, 3.63) is 47.0 Å². The van der Waals surface area contributed by atoms with E-state index in [1.54, 1.807) is 11.9 Å². The standard InChI is InChI=1S/C19H32N4S/c1-15-13-18(22-12-8-6-5-7-11-20)9-10-19(15)17(3)23-24-16(2)14-21-4/h9-10,13-14,21-23H,3,5-8,11-12,20H2,1-2,4H3/b16-14-. The van der Waals surface area contributed by atoms with Gasteiger partial charge in [0.1, 0.15) is 0 Å². The minimum Gasteiger partial charge on any atom is -0.393 e. The molecule has 0 unspecified atom stereocenters. The highest BCUT2D eigenvalue weighted by Gasteiger charge is 2.04.